The van der Waals surface area contributed by atoms with Crippen molar-refractivity contribution in [3.8, 4) is 0 Å². The Morgan fingerprint density at radius 1 is 1.00 bits per heavy atom. The maximum absolute atomic E-state index is 13.7. The summed E-state index contributed by atoms with van der Waals surface area (Å²) < 4.78 is 5.57. The summed E-state index contributed by atoms with van der Waals surface area (Å²) in [6.45, 7) is 9.72. The van der Waals surface area contributed by atoms with Crippen molar-refractivity contribution in [1.82, 2.24) is 9.80 Å². The highest BCUT2D eigenvalue weighted by Gasteiger charge is 2.41. The fourth-order valence-electron chi connectivity index (χ4n) is 4.86. The molecule has 0 unspecified atom stereocenters. The zero-order valence-corrected chi connectivity index (χ0v) is 22.3. The molecule has 0 saturated carbocycles. The van der Waals surface area contributed by atoms with E-state index in [0.29, 0.717) is 42.6 Å². The number of carbonyl (C=O) groups is 2. The van der Waals surface area contributed by atoms with E-state index in [1.54, 1.807) is 4.90 Å². The SMILES string of the molecule is Cc1ccc(N2CCN(C(=O)[C@@H]3CCCN3C(=O)OC(C)(C)C)C[C@H]2c2ccc(Cl)cc2)c(Cl)c1. The molecule has 0 aliphatic carbocycles. The highest BCUT2D eigenvalue weighted by atomic mass is 35.5. The van der Waals surface area contributed by atoms with Gasteiger partial charge in [0.2, 0.25) is 5.91 Å². The van der Waals surface area contributed by atoms with Gasteiger partial charge in [0, 0.05) is 31.2 Å². The van der Waals surface area contributed by atoms with Crippen molar-refractivity contribution in [2.45, 2.75) is 58.2 Å². The van der Waals surface area contributed by atoms with E-state index < -0.39 is 17.7 Å². The molecule has 0 radical (unpaired) electrons. The van der Waals surface area contributed by atoms with Crippen molar-refractivity contribution in [3.63, 3.8) is 0 Å². The number of likely N-dealkylation sites (tertiary alicyclic amines) is 1. The molecule has 0 bridgehead atoms. The molecule has 2 aromatic carbocycles. The van der Waals surface area contributed by atoms with Crippen LogP contribution in [0, 0.1) is 6.92 Å². The van der Waals surface area contributed by atoms with Crippen molar-refractivity contribution in [3.05, 3.63) is 63.6 Å². The summed E-state index contributed by atoms with van der Waals surface area (Å²) in [5, 5.41) is 1.35. The molecule has 35 heavy (non-hydrogen) atoms. The van der Waals surface area contributed by atoms with E-state index in [0.717, 1.165) is 23.2 Å². The standard InChI is InChI=1S/C27H33Cl2N3O3/c1-18-7-12-22(21(29)16-18)31-15-14-30(17-24(31)19-8-10-20(28)11-9-19)25(33)23-6-5-13-32(23)26(34)35-27(2,3)4/h7-12,16,23-24H,5-6,13-15,17H2,1-4H3/t23-,24-/m0/s1. The minimum Gasteiger partial charge on any atom is -0.444 e. The number of aryl methyl sites for hydroxylation is 1. The Balaban J connectivity index is 1.58. The summed E-state index contributed by atoms with van der Waals surface area (Å²) in [6, 6.07) is 13.2. The molecule has 2 fully saturated rings. The highest BCUT2D eigenvalue weighted by Crippen LogP contribution is 2.36. The minimum absolute atomic E-state index is 0.0259. The number of hydrogen-bond donors (Lipinski definition) is 0. The number of carbonyl (C=O) groups excluding carboxylic acids is 2. The number of halogens is 2. The van der Waals surface area contributed by atoms with Crippen LogP contribution in [0.5, 0.6) is 0 Å². The predicted molar refractivity (Wildman–Crippen MR) is 140 cm³/mol. The number of ether oxygens (including phenoxy) is 1. The van der Waals surface area contributed by atoms with Crippen LogP contribution in [0.3, 0.4) is 0 Å². The monoisotopic (exact) mass is 517 g/mol. The van der Waals surface area contributed by atoms with E-state index in [1.807, 2.05) is 69.0 Å². The average Bonchev–Trinajstić information content (AvgIpc) is 3.28. The van der Waals surface area contributed by atoms with Crippen LogP contribution in [-0.4, -0.2) is 59.6 Å². The van der Waals surface area contributed by atoms with Crippen LogP contribution in [0.4, 0.5) is 10.5 Å². The van der Waals surface area contributed by atoms with Gasteiger partial charge in [0.25, 0.3) is 0 Å². The third-order valence-corrected chi connectivity index (χ3v) is 7.08. The molecule has 0 aromatic heterocycles. The molecule has 2 heterocycles. The Morgan fingerprint density at radius 2 is 1.71 bits per heavy atom. The van der Waals surface area contributed by atoms with Gasteiger partial charge < -0.3 is 14.5 Å². The molecule has 2 aromatic rings. The second-order valence-corrected chi connectivity index (χ2v) is 11.2. The zero-order valence-electron chi connectivity index (χ0n) is 20.8. The topological polar surface area (TPSA) is 53.1 Å². The van der Waals surface area contributed by atoms with Crippen molar-refractivity contribution < 1.29 is 14.3 Å². The zero-order chi connectivity index (χ0) is 25.3. The van der Waals surface area contributed by atoms with Gasteiger partial charge in [-0.2, -0.15) is 0 Å². The molecule has 188 valence electrons. The Hall–Kier alpha value is -2.44. The normalized spacial score (nSPS) is 20.8. The van der Waals surface area contributed by atoms with Crippen molar-refractivity contribution in [2.24, 2.45) is 0 Å². The maximum Gasteiger partial charge on any atom is 0.410 e. The predicted octanol–water partition coefficient (Wildman–Crippen LogP) is 6.09. The van der Waals surface area contributed by atoms with Gasteiger partial charge in [-0.25, -0.2) is 4.79 Å². The first-order valence-corrected chi connectivity index (χ1v) is 12.9. The van der Waals surface area contributed by atoms with Gasteiger partial charge in [0.15, 0.2) is 0 Å². The Bertz CT molecular complexity index is 1080. The molecule has 6 nitrogen and oxygen atoms in total. The molecule has 0 spiro atoms. The van der Waals surface area contributed by atoms with Crippen molar-refractivity contribution in [1.29, 1.82) is 0 Å². The van der Waals surface area contributed by atoms with Crippen molar-refractivity contribution in [2.75, 3.05) is 31.1 Å². The second-order valence-electron chi connectivity index (χ2n) is 10.3. The van der Waals surface area contributed by atoms with Gasteiger partial charge in [-0.15, -0.1) is 0 Å². The fraction of sp³-hybridized carbons (Fsp3) is 0.481. The third kappa shape index (κ3) is 5.87. The lowest BCUT2D eigenvalue weighted by Gasteiger charge is -2.44. The molecular weight excluding hydrogens is 485 g/mol. The van der Waals surface area contributed by atoms with Crippen LogP contribution < -0.4 is 4.90 Å². The number of rotatable bonds is 3. The summed E-state index contributed by atoms with van der Waals surface area (Å²) in [6.07, 6.45) is 1.01. The lowest BCUT2D eigenvalue weighted by molar-refractivity contribution is -0.136. The quantitative estimate of drug-likeness (QED) is 0.494. The molecule has 4 rings (SSSR count). The van der Waals surface area contributed by atoms with Gasteiger partial charge in [0.05, 0.1) is 16.8 Å². The summed E-state index contributed by atoms with van der Waals surface area (Å²) in [7, 11) is 0. The van der Waals surface area contributed by atoms with Crippen LogP contribution in [0.1, 0.15) is 50.8 Å². The molecule has 2 aliphatic rings. The van der Waals surface area contributed by atoms with E-state index in [1.165, 1.54) is 0 Å². The Morgan fingerprint density at radius 3 is 2.37 bits per heavy atom. The van der Waals surface area contributed by atoms with E-state index in [-0.39, 0.29) is 11.9 Å². The van der Waals surface area contributed by atoms with E-state index >= 15 is 0 Å². The Kier molecular flexibility index (Phi) is 7.53. The third-order valence-electron chi connectivity index (χ3n) is 6.53. The summed E-state index contributed by atoms with van der Waals surface area (Å²) >= 11 is 12.8. The molecular formula is C27H33Cl2N3O3. The van der Waals surface area contributed by atoms with Crippen LogP contribution in [0.15, 0.2) is 42.5 Å². The molecule has 2 aliphatic heterocycles. The summed E-state index contributed by atoms with van der Waals surface area (Å²) in [4.78, 5) is 32.2. The number of amides is 2. The largest absolute Gasteiger partial charge is 0.444 e. The molecule has 0 N–H and O–H groups in total. The second kappa shape index (κ2) is 10.3. The first-order valence-electron chi connectivity index (χ1n) is 12.1. The number of anilines is 1. The van der Waals surface area contributed by atoms with E-state index in [4.69, 9.17) is 27.9 Å². The van der Waals surface area contributed by atoms with Gasteiger partial charge in [-0.1, -0.05) is 41.4 Å². The maximum atomic E-state index is 13.7. The van der Waals surface area contributed by atoms with Gasteiger partial charge in [-0.05, 0) is 75.9 Å². The van der Waals surface area contributed by atoms with Crippen molar-refractivity contribution >= 4 is 40.9 Å². The summed E-state index contributed by atoms with van der Waals surface area (Å²) in [5.41, 5.74) is 2.49. The van der Waals surface area contributed by atoms with E-state index in [2.05, 4.69) is 11.0 Å². The molecule has 2 amide bonds. The van der Waals surface area contributed by atoms with E-state index in [9.17, 15) is 9.59 Å². The van der Waals surface area contributed by atoms with Gasteiger partial charge in [0.1, 0.15) is 11.6 Å². The summed E-state index contributed by atoms with van der Waals surface area (Å²) in [5.74, 6) is -0.0259. The fourth-order valence-corrected chi connectivity index (χ4v) is 5.33. The first kappa shape index (κ1) is 25.6. The van der Waals surface area contributed by atoms with Crippen LogP contribution in [-0.2, 0) is 9.53 Å². The smallest absolute Gasteiger partial charge is 0.410 e. The van der Waals surface area contributed by atoms with Crippen LogP contribution in [0.2, 0.25) is 10.0 Å². The molecule has 8 heteroatoms. The highest BCUT2D eigenvalue weighted by molar-refractivity contribution is 6.33. The minimum atomic E-state index is -0.605. The Labute approximate surface area is 217 Å². The lowest BCUT2D eigenvalue weighted by Crippen LogP contribution is -2.55. The van der Waals surface area contributed by atoms with Gasteiger partial charge >= 0.3 is 6.09 Å². The van der Waals surface area contributed by atoms with Crippen LogP contribution >= 0.6 is 23.2 Å². The van der Waals surface area contributed by atoms with Crippen LogP contribution in [0.25, 0.3) is 0 Å². The lowest BCUT2D eigenvalue weighted by atomic mass is 10.00. The molecule has 2 atom stereocenters. The first-order chi connectivity index (χ1) is 16.5. The number of benzene rings is 2. The molecule has 2 saturated heterocycles. The number of hydrogen-bond acceptors (Lipinski definition) is 4. The van der Waals surface area contributed by atoms with Gasteiger partial charge in [-0.3, -0.25) is 9.69 Å². The average molecular weight is 518 g/mol. The number of nitrogens with zero attached hydrogens (tertiary/aromatic N) is 3. The number of piperazine rings is 1.